The van der Waals surface area contributed by atoms with Crippen molar-refractivity contribution in [3.63, 3.8) is 0 Å². The van der Waals surface area contributed by atoms with Crippen LogP contribution >= 0.6 is 0 Å². The van der Waals surface area contributed by atoms with Crippen LogP contribution in [0.1, 0.15) is 37.3 Å². The Labute approximate surface area is 121 Å². The molecule has 1 saturated heterocycles. The van der Waals surface area contributed by atoms with E-state index in [0.717, 1.165) is 26.2 Å². The van der Waals surface area contributed by atoms with E-state index in [1.807, 2.05) is 4.90 Å². The molecule has 2 aliphatic rings. The second-order valence-corrected chi connectivity index (χ2v) is 6.29. The predicted octanol–water partition coefficient (Wildman–Crippen LogP) is 2.55. The molecule has 1 atom stereocenters. The minimum Gasteiger partial charge on any atom is -0.334 e. The van der Waals surface area contributed by atoms with E-state index in [4.69, 9.17) is 0 Å². The number of fused-ring (bicyclic) bond motifs is 1. The molecule has 3 heteroatoms. The minimum atomic E-state index is 0.326. The Kier molecular flexibility index (Phi) is 4.06. The molecule has 2 heterocycles. The number of nitrogens with one attached hydrogen (secondary N) is 1. The number of amides is 1. The third-order valence-electron chi connectivity index (χ3n) is 4.88. The van der Waals surface area contributed by atoms with Crippen LogP contribution in [0.5, 0.6) is 0 Å². The summed E-state index contributed by atoms with van der Waals surface area (Å²) in [5.41, 5.74) is 2.63. The zero-order chi connectivity index (χ0) is 13.9. The maximum absolute atomic E-state index is 12.5. The number of carbonyl (C=O) groups is 1. The standard InChI is InChI=1S/C17H24N2O/c1-13(14-6-8-18-9-7-14)10-17(20)19-11-15-4-2-3-5-16(15)12-19/h2-5,13-14,18H,6-12H2,1H3. The van der Waals surface area contributed by atoms with Gasteiger partial charge in [0.2, 0.25) is 5.91 Å². The first kappa shape index (κ1) is 13.6. The highest BCUT2D eigenvalue weighted by Gasteiger charge is 2.27. The highest BCUT2D eigenvalue weighted by molar-refractivity contribution is 5.77. The van der Waals surface area contributed by atoms with Gasteiger partial charge in [0.25, 0.3) is 0 Å². The molecular weight excluding hydrogens is 248 g/mol. The van der Waals surface area contributed by atoms with Crippen molar-refractivity contribution < 1.29 is 4.79 Å². The summed E-state index contributed by atoms with van der Waals surface area (Å²) in [6.45, 7) is 6.07. The molecule has 0 bridgehead atoms. The largest absolute Gasteiger partial charge is 0.334 e. The molecule has 1 aromatic carbocycles. The van der Waals surface area contributed by atoms with Crippen molar-refractivity contribution in [2.24, 2.45) is 11.8 Å². The van der Waals surface area contributed by atoms with Gasteiger partial charge in [-0.05, 0) is 48.9 Å². The van der Waals surface area contributed by atoms with E-state index >= 15 is 0 Å². The van der Waals surface area contributed by atoms with E-state index in [2.05, 4.69) is 36.5 Å². The molecule has 0 aromatic heterocycles. The van der Waals surface area contributed by atoms with E-state index in [0.29, 0.717) is 24.2 Å². The van der Waals surface area contributed by atoms with Gasteiger partial charge in [-0.15, -0.1) is 0 Å². The number of hydrogen-bond donors (Lipinski definition) is 1. The van der Waals surface area contributed by atoms with Gasteiger partial charge < -0.3 is 10.2 Å². The van der Waals surface area contributed by atoms with E-state index in [1.165, 1.54) is 24.0 Å². The van der Waals surface area contributed by atoms with Crippen LogP contribution in [0.2, 0.25) is 0 Å². The minimum absolute atomic E-state index is 0.326. The number of rotatable bonds is 3. The molecule has 1 N–H and O–H groups in total. The Morgan fingerprint density at radius 2 is 1.85 bits per heavy atom. The lowest BCUT2D eigenvalue weighted by Crippen LogP contribution is -2.33. The molecule has 1 unspecified atom stereocenters. The summed E-state index contributed by atoms with van der Waals surface area (Å²) < 4.78 is 0. The van der Waals surface area contributed by atoms with Crippen LogP contribution in [0.25, 0.3) is 0 Å². The molecule has 0 saturated carbocycles. The topological polar surface area (TPSA) is 32.3 Å². The highest BCUT2D eigenvalue weighted by atomic mass is 16.2. The fraction of sp³-hybridized carbons (Fsp3) is 0.588. The molecular formula is C17H24N2O. The lowest BCUT2D eigenvalue weighted by Gasteiger charge is -2.29. The molecule has 0 radical (unpaired) electrons. The number of nitrogens with zero attached hydrogens (tertiary/aromatic N) is 1. The summed E-state index contributed by atoms with van der Waals surface area (Å²) in [5, 5.41) is 3.39. The van der Waals surface area contributed by atoms with Gasteiger partial charge in [0.1, 0.15) is 0 Å². The Morgan fingerprint density at radius 1 is 1.25 bits per heavy atom. The Hall–Kier alpha value is -1.35. The summed E-state index contributed by atoms with van der Waals surface area (Å²) >= 11 is 0. The monoisotopic (exact) mass is 272 g/mol. The highest BCUT2D eigenvalue weighted by Crippen LogP contribution is 2.28. The molecule has 3 rings (SSSR count). The number of hydrogen-bond acceptors (Lipinski definition) is 2. The maximum atomic E-state index is 12.5. The van der Waals surface area contributed by atoms with E-state index in [9.17, 15) is 4.79 Å². The van der Waals surface area contributed by atoms with Gasteiger partial charge in [-0.1, -0.05) is 31.2 Å². The van der Waals surface area contributed by atoms with Gasteiger partial charge in [0.15, 0.2) is 0 Å². The Bertz CT molecular complexity index is 455. The molecule has 3 nitrogen and oxygen atoms in total. The van der Waals surface area contributed by atoms with Crippen LogP contribution in [0.4, 0.5) is 0 Å². The number of piperidine rings is 1. The molecule has 108 valence electrons. The average molecular weight is 272 g/mol. The van der Waals surface area contributed by atoms with Gasteiger partial charge in [-0.2, -0.15) is 0 Å². The van der Waals surface area contributed by atoms with Crippen LogP contribution in [0.15, 0.2) is 24.3 Å². The van der Waals surface area contributed by atoms with Gasteiger partial charge in [-0.25, -0.2) is 0 Å². The maximum Gasteiger partial charge on any atom is 0.223 e. The normalized spacial score (nSPS) is 20.8. The number of carbonyl (C=O) groups excluding carboxylic acids is 1. The molecule has 0 spiro atoms. The van der Waals surface area contributed by atoms with Gasteiger partial charge in [0.05, 0.1) is 0 Å². The predicted molar refractivity (Wildman–Crippen MR) is 80.1 cm³/mol. The zero-order valence-electron chi connectivity index (χ0n) is 12.3. The van der Waals surface area contributed by atoms with Crippen molar-refractivity contribution in [1.82, 2.24) is 10.2 Å². The van der Waals surface area contributed by atoms with E-state index in [-0.39, 0.29) is 0 Å². The average Bonchev–Trinajstić information content (AvgIpc) is 2.92. The second-order valence-electron chi connectivity index (χ2n) is 6.29. The van der Waals surface area contributed by atoms with Crippen molar-refractivity contribution in [2.45, 2.75) is 39.3 Å². The molecule has 20 heavy (non-hydrogen) atoms. The Morgan fingerprint density at radius 3 is 2.45 bits per heavy atom. The second kappa shape index (κ2) is 5.96. The first-order valence-electron chi connectivity index (χ1n) is 7.79. The summed E-state index contributed by atoms with van der Waals surface area (Å²) in [6.07, 6.45) is 3.14. The molecule has 1 amide bonds. The van der Waals surface area contributed by atoms with Crippen molar-refractivity contribution in [3.8, 4) is 0 Å². The summed E-state index contributed by atoms with van der Waals surface area (Å²) in [7, 11) is 0. The first-order valence-corrected chi connectivity index (χ1v) is 7.79. The lowest BCUT2D eigenvalue weighted by atomic mass is 9.84. The van der Waals surface area contributed by atoms with Crippen LogP contribution in [0.3, 0.4) is 0 Å². The van der Waals surface area contributed by atoms with Crippen LogP contribution < -0.4 is 5.32 Å². The molecule has 1 fully saturated rings. The van der Waals surface area contributed by atoms with Crippen LogP contribution in [0, 0.1) is 11.8 Å². The van der Waals surface area contributed by atoms with Gasteiger partial charge in [-0.3, -0.25) is 4.79 Å². The third kappa shape index (κ3) is 2.88. The summed E-state index contributed by atoms with van der Waals surface area (Å²) in [5.74, 6) is 1.55. The van der Waals surface area contributed by atoms with Crippen LogP contribution in [-0.2, 0) is 17.9 Å². The Balaban J connectivity index is 1.55. The smallest absolute Gasteiger partial charge is 0.223 e. The number of benzene rings is 1. The summed E-state index contributed by atoms with van der Waals surface area (Å²) in [6, 6.07) is 8.40. The lowest BCUT2D eigenvalue weighted by molar-refractivity contribution is -0.133. The SMILES string of the molecule is CC(CC(=O)N1Cc2ccccc2C1)C1CCNCC1. The molecule has 0 aliphatic carbocycles. The fourth-order valence-electron chi connectivity index (χ4n) is 3.49. The molecule has 2 aliphatic heterocycles. The summed E-state index contributed by atoms with van der Waals surface area (Å²) in [4.78, 5) is 14.5. The van der Waals surface area contributed by atoms with Crippen molar-refractivity contribution in [1.29, 1.82) is 0 Å². The quantitative estimate of drug-likeness (QED) is 0.917. The van der Waals surface area contributed by atoms with Gasteiger partial charge >= 0.3 is 0 Å². The van der Waals surface area contributed by atoms with Crippen molar-refractivity contribution in [2.75, 3.05) is 13.1 Å². The zero-order valence-corrected chi connectivity index (χ0v) is 12.3. The van der Waals surface area contributed by atoms with Crippen molar-refractivity contribution in [3.05, 3.63) is 35.4 Å². The first-order chi connectivity index (χ1) is 9.74. The van der Waals surface area contributed by atoms with Gasteiger partial charge in [0, 0.05) is 19.5 Å². The van der Waals surface area contributed by atoms with E-state index in [1.54, 1.807) is 0 Å². The molecule has 1 aromatic rings. The third-order valence-corrected chi connectivity index (χ3v) is 4.88. The van der Waals surface area contributed by atoms with Crippen molar-refractivity contribution >= 4 is 5.91 Å². The van der Waals surface area contributed by atoms with Crippen LogP contribution in [-0.4, -0.2) is 23.9 Å². The fourth-order valence-corrected chi connectivity index (χ4v) is 3.49. The van der Waals surface area contributed by atoms with E-state index < -0.39 is 0 Å².